The maximum absolute atomic E-state index is 4.12. The molecule has 0 aliphatic heterocycles. The van der Waals surface area contributed by atoms with E-state index in [4.69, 9.17) is 0 Å². The van der Waals surface area contributed by atoms with Gasteiger partial charge in [-0.05, 0) is 72.9 Å². The van der Waals surface area contributed by atoms with Crippen LogP contribution in [-0.2, 0) is 6.42 Å². The van der Waals surface area contributed by atoms with Gasteiger partial charge in [0.1, 0.15) is 0 Å². The zero-order valence-corrected chi connectivity index (χ0v) is 20.0. The van der Waals surface area contributed by atoms with Crippen LogP contribution in [0.2, 0.25) is 0 Å². The largest absolute Gasteiger partial charge is 0.129 e. The van der Waals surface area contributed by atoms with E-state index in [0.717, 1.165) is 12.0 Å². The molecule has 2 unspecified atom stereocenters. The standard InChI is InChI=1S/C17H20.C12H16.C2H2/c1-5-6-8-11-14(2)15(3)16(4)17-12-9-7-10-13-17;1-5-6-12-7-9(2)11(4)10(3)8-12;1-2/h6-13,15-16H,1-2H2,3-4H3;5,7-8H,1,6H2,2-4H3;1-2H/b11-8-;;. The zero-order chi connectivity index (χ0) is 23.8. The molecule has 162 valence electrons. The van der Waals surface area contributed by atoms with Crippen molar-refractivity contribution >= 4 is 0 Å². The van der Waals surface area contributed by atoms with Gasteiger partial charge in [0.25, 0.3) is 0 Å². The summed E-state index contributed by atoms with van der Waals surface area (Å²) in [6.45, 7) is 22.3. The molecule has 0 fully saturated rings. The summed E-state index contributed by atoms with van der Waals surface area (Å²) >= 11 is 0. The van der Waals surface area contributed by atoms with E-state index < -0.39 is 0 Å². The van der Waals surface area contributed by atoms with E-state index >= 15 is 0 Å². The summed E-state index contributed by atoms with van der Waals surface area (Å²) in [4.78, 5) is 0. The first-order valence-electron chi connectivity index (χ1n) is 10.6. The number of hydrogen-bond acceptors (Lipinski definition) is 0. The highest BCUT2D eigenvalue weighted by Gasteiger charge is 2.15. The monoisotopic (exact) mass is 410 g/mol. The van der Waals surface area contributed by atoms with Gasteiger partial charge in [-0.15, -0.1) is 25.2 Å². The lowest BCUT2D eigenvalue weighted by Crippen LogP contribution is -2.07. The average Bonchev–Trinajstić information content (AvgIpc) is 2.79. The molecule has 2 aromatic rings. The summed E-state index contributed by atoms with van der Waals surface area (Å²) in [6, 6.07) is 15.0. The number of rotatable bonds is 7. The molecule has 0 saturated heterocycles. The third-order valence-corrected chi connectivity index (χ3v) is 5.55. The summed E-state index contributed by atoms with van der Waals surface area (Å²) in [5.74, 6) is 0.896. The number of allylic oxidation sites excluding steroid dienone is 5. The van der Waals surface area contributed by atoms with Crippen LogP contribution in [0.1, 0.15) is 47.6 Å². The van der Waals surface area contributed by atoms with Crippen LogP contribution in [0.4, 0.5) is 0 Å². The predicted octanol–water partition coefficient (Wildman–Crippen LogP) is 8.47. The molecule has 0 saturated carbocycles. The van der Waals surface area contributed by atoms with E-state index in [9.17, 15) is 0 Å². The van der Waals surface area contributed by atoms with Crippen molar-refractivity contribution in [2.24, 2.45) is 5.92 Å². The number of aryl methyl sites for hydroxylation is 2. The Morgan fingerprint density at radius 1 is 1.03 bits per heavy atom. The van der Waals surface area contributed by atoms with Crippen LogP contribution in [0.5, 0.6) is 0 Å². The average molecular weight is 411 g/mol. The molecule has 31 heavy (non-hydrogen) atoms. The van der Waals surface area contributed by atoms with E-state index in [1.807, 2.05) is 24.3 Å². The Morgan fingerprint density at radius 3 is 2.06 bits per heavy atom. The minimum atomic E-state index is 0.423. The Labute approximate surface area is 191 Å². The second-order valence-corrected chi connectivity index (χ2v) is 7.64. The lowest BCUT2D eigenvalue weighted by Gasteiger charge is -2.20. The van der Waals surface area contributed by atoms with E-state index in [1.54, 1.807) is 6.08 Å². The Hall–Kier alpha value is -3.26. The van der Waals surface area contributed by atoms with Crippen molar-refractivity contribution in [2.45, 2.75) is 47.0 Å². The molecule has 0 aliphatic carbocycles. The summed E-state index contributed by atoms with van der Waals surface area (Å²) in [5.41, 5.74) is 10.7. The van der Waals surface area contributed by atoms with Gasteiger partial charge >= 0.3 is 0 Å². The maximum atomic E-state index is 4.12. The van der Waals surface area contributed by atoms with Gasteiger partial charge in [-0.2, -0.15) is 0 Å². The second kappa shape index (κ2) is 15.6. The van der Waals surface area contributed by atoms with Crippen molar-refractivity contribution in [1.82, 2.24) is 0 Å². The van der Waals surface area contributed by atoms with Gasteiger partial charge in [0.15, 0.2) is 0 Å². The van der Waals surface area contributed by atoms with Crippen LogP contribution in [0.25, 0.3) is 0 Å². The molecule has 0 spiro atoms. The molecule has 0 heteroatoms. The van der Waals surface area contributed by atoms with Gasteiger partial charge in [0.2, 0.25) is 0 Å². The Balaban J connectivity index is 0.000000564. The van der Waals surface area contributed by atoms with Crippen LogP contribution in [0, 0.1) is 39.5 Å². The minimum absolute atomic E-state index is 0.423. The summed E-state index contributed by atoms with van der Waals surface area (Å²) in [6.07, 6.45) is 16.7. The molecular formula is C31H38. The molecule has 0 amide bonds. The first-order chi connectivity index (χ1) is 14.8. The molecule has 0 bridgehead atoms. The van der Waals surface area contributed by atoms with E-state index in [0.29, 0.717) is 11.8 Å². The van der Waals surface area contributed by atoms with Gasteiger partial charge in [-0.25, -0.2) is 0 Å². The van der Waals surface area contributed by atoms with Gasteiger partial charge in [-0.3, -0.25) is 0 Å². The quantitative estimate of drug-likeness (QED) is 0.186. The second-order valence-electron chi connectivity index (χ2n) is 7.64. The minimum Gasteiger partial charge on any atom is -0.129 e. The lowest BCUT2D eigenvalue weighted by molar-refractivity contribution is 0.572. The van der Waals surface area contributed by atoms with Crippen molar-refractivity contribution < 1.29 is 0 Å². The van der Waals surface area contributed by atoms with E-state index in [1.165, 1.54) is 27.8 Å². The molecule has 2 rings (SSSR count). The highest BCUT2D eigenvalue weighted by atomic mass is 14.2. The molecule has 2 aromatic carbocycles. The highest BCUT2D eigenvalue weighted by molar-refractivity contribution is 5.37. The first kappa shape index (κ1) is 27.7. The molecule has 0 aliphatic rings. The molecule has 0 aromatic heterocycles. The van der Waals surface area contributed by atoms with Crippen LogP contribution in [-0.4, -0.2) is 0 Å². The maximum Gasteiger partial charge on any atom is -0.00999 e. The summed E-state index contributed by atoms with van der Waals surface area (Å²) in [5, 5.41) is 0. The number of terminal acetylenes is 1. The fraction of sp³-hybridized carbons (Fsp3) is 0.258. The normalized spacial score (nSPS) is 11.6. The van der Waals surface area contributed by atoms with Gasteiger partial charge in [0.05, 0.1) is 0 Å². The fourth-order valence-corrected chi connectivity index (χ4v) is 3.17. The Bertz CT molecular complexity index is 892. The number of benzene rings is 2. The summed E-state index contributed by atoms with van der Waals surface area (Å²) in [7, 11) is 0. The lowest BCUT2D eigenvalue weighted by atomic mass is 9.84. The molecule has 0 radical (unpaired) electrons. The first-order valence-corrected chi connectivity index (χ1v) is 10.6. The predicted molar refractivity (Wildman–Crippen MR) is 140 cm³/mol. The van der Waals surface area contributed by atoms with Gasteiger partial charge in [-0.1, -0.05) is 93.3 Å². The topological polar surface area (TPSA) is 0 Å². The third kappa shape index (κ3) is 9.86. The van der Waals surface area contributed by atoms with Crippen molar-refractivity contribution in [1.29, 1.82) is 0 Å². The van der Waals surface area contributed by atoms with E-state index in [-0.39, 0.29) is 0 Å². The third-order valence-electron chi connectivity index (χ3n) is 5.55. The van der Waals surface area contributed by atoms with Crippen LogP contribution in [0.15, 0.2) is 97.8 Å². The highest BCUT2D eigenvalue weighted by Crippen LogP contribution is 2.29. The van der Waals surface area contributed by atoms with Gasteiger partial charge in [0, 0.05) is 0 Å². The molecule has 2 atom stereocenters. The van der Waals surface area contributed by atoms with Crippen LogP contribution < -0.4 is 0 Å². The fourth-order valence-electron chi connectivity index (χ4n) is 3.17. The molecular weight excluding hydrogens is 372 g/mol. The Morgan fingerprint density at radius 2 is 1.58 bits per heavy atom. The zero-order valence-electron chi connectivity index (χ0n) is 20.0. The van der Waals surface area contributed by atoms with Crippen molar-refractivity contribution in [3.05, 3.63) is 126 Å². The van der Waals surface area contributed by atoms with Gasteiger partial charge < -0.3 is 0 Å². The number of hydrogen-bond donors (Lipinski definition) is 0. The van der Waals surface area contributed by atoms with Crippen molar-refractivity contribution in [2.75, 3.05) is 0 Å². The molecule has 0 N–H and O–H groups in total. The molecule has 0 heterocycles. The smallest absolute Gasteiger partial charge is 0.00999 e. The van der Waals surface area contributed by atoms with Crippen molar-refractivity contribution in [3.8, 4) is 12.8 Å². The van der Waals surface area contributed by atoms with Crippen LogP contribution in [0.3, 0.4) is 0 Å². The van der Waals surface area contributed by atoms with E-state index in [2.05, 4.69) is 109 Å². The molecule has 0 nitrogen and oxygen atoms in total. The summed E-state index contributed by atoms with van der Waals surface area (Å²) < 4.78 is 0. The van der Waals surface area contributed by atoms with Crippen LogP contribution >= 0.6 is 0 Å². The van der Waals surface area contributed by atoms with Crippen molar-refractivity contribution in [3.63, 3.8) is 0 Å². The SMILES string of the molecule is C#C.C=C=C/C=C\C(=C)C(C)C(C)c1ccccc1.C=CCc1cc(C)c(C)c(C)c1. The Kier molecular flexibility index (Phi) is 13.9.